The summed E-state index contributed by atoms with van der Waals surface area (Å²) >= 11 is 0. The van der Waals surface area contributed by atoms with Crippen LogP contribution in [0.1, 0.15) is 31.4 Å². The van der Waals surface area contributed by atoms with Crippen LogP contribution in [0.5, 0.6) is 5.75 Å². The normalized spacial score (nSPS) is 26.6. The van der Waals surface area contributed by atoms with Crippen LogP contribution >= 0.6 is 0 Å². The zero-order valence-electron chi connectivity index (χ0n) is 13.5. The maximum absolute atomic E-state index is 10.8. The molecule has 2 rings (SSSR count). The molecule has 1 aliphatic heterocycles. The first-order valence-corrected chi connectivity index (χ1v) is 7.56. The molecule has 2 unspecified atom stereocenters. The number of ether oxygens (including phenoxy) is 1. The second-order valence-electron chi connectivity index (χ2n) is 6.19. The number of likely N-dealkylation sites (N-methyl/N-ethyl adjacent to an activating group) is 1. The van der Waals surface area contributed by atoms with Gasteiger partial charge in [0.15, 0.2) is 0 Å². The van der Waals surface area contributed by atoms with Gasteiger partial charge in [-0.2, -0.15) is 0 Å². The molecule has 1 N–H and O–H groups in total. The number of carbonyl (C=O) groups excluding carboxylic acids is 1. The minimum atomic E-state index is -0.209. The molecule has 0 bridgehead atoms. The fourth-order valence-corrected chi connectivity index (χ4v) is 3.05. The molecular weight excluding hydrogens is 264 g/mol. The molecule has 0 aromatic heterocycles. The molecule has 1 aromatic rings. The van der Waals surface area contributed by atoms with Gasteiger partial charge in [0.1, 0.15) is 12.0 Å². The van der Waals surface area contributed by atoms with Crippen molar-refractivity contribution in [1.29, 1.82) is 0 Å². The van der Waals surface area contributed by atoms with Gasteiger partial charge in [-0.3, -0.25) is 0 Å². The standard InChI is InChI=1S/C17H26N2O2/c1-13-11-14-5-6-15(21-4)12-16(14)17(2,18-8-10-20)7-9-19(13)3/h5-6,10,12-13,18H,7-9,11H2,1-4H3. The van der Waals surface area contributed by atoms with Crippen molar-refractivity contribution in [3.63, 3.8) is 0 Å². The van der Waals surface area contributed by atoms with E-state index in [1.54, 1.807) is 7.11 Å². The highest BCUT2D eigenvalue weighted by Crippen LogP contribution is 2.34. The molecule has 21 heavy (non-hydrogen) atoms. The molecule has 4 heteroatoms. The van der Waals surface area contributed by atoms with Gasteiger partial charge in [-0.25, -0.2) is 0 Å². The zero-order valence-corrected chi connectivity index (χ0v) is 13.5. The van der Waals surface area contributed by atoms with Crippen molar-refractivity contribution in [2.45, 2.75) is 38.3 Å². The smallest absolute Gasteiger partial charge is 0.133 e. The molecule has 0 spiro atoms. The third kappa shape index (κ3) is 3.44. The first-order valence-electron chi connectivity index (χ1n) is 7.56. The second kappa shape index (κ2) is 6.58. The Labute approximate surface area is 127 Å². The lowest BCUT2D eigenvalue weighted by molar-refractivity contribution is -0.107. The van der Waals surface area contributed by atoms with E-state index < -0.39 is 0 Å². The van der Waals surface area contributed by atoms with Gasteiger partial charge in [-0.15, -0.1) is 0 Å². The minimum Gasteiger partial charge on any atom is -0.497 e. The van der Waals surface area contributed by atoms with Gasteiger partial charge in [0.2, 0.25) is 0 Å². The molecule has 4 nitrogen and oxygen atoms in total. The summed E-state index contributed by atoms with van der Waals surface area (Å²) in [4.78, 5) is 13.2. The first-order chi connectivity index (χ1) is 10.00. The van der Waals surface area contributed by atoms with E-state index in [1.165, 1.54) is 11.1 Å². The number of aldehydes is 1. The average Bonchev–Trinajstić information content (AvgIpc) is 2.50. The lowest BCUT2D eigenvalue weighted by Crippen LogP contribution is -2.47. The van der Waals surface area contributed by atoms with Crippen molar-refractivity contribution in [3.8, 4) is 5.75 Å². The summed E-state index contributed by atoms with van der Waals surface area (Å²) in [5.74, 6) is 0.870. The molecule has 116 valence electrons. The lowest BCUT2D eigenvalue weighted by Gasteiger charge is -2.39. The summed E-state index contributed by atoms with van der Waals surface area (Å²) in [6, 6.07) is 6.80. The quantitative estimate of drug-likeness (QED) is 0.861. The number of methoxy groups -OCH3 is 1. The van der Waals surface area contributed by atoms with Gasteiger partial charge in [-0.05, 0) is 57.0 Å². The Balaban J connectivity index is 2.46. The molecule has 0 saturated heterocycles. The Morgan fingerprint density at radius 1 is 1.52 bits per heavy atom. The second-order valence-corrected chi connectivity index (χ2v) is 6.19. The number of benzene rings is 1. The van der Waals surface area contributed by atoms with Gasteiger partial charge >= 0.3 is 0 Å². The van der Waals surface area contributed by atoms with Crippen LogP contribution in [0.15, 0.2) is 18.2 Å². The maximum Gasteiger partial charge on any atom is 0.133 e. The van der Waals surface area contributed by atoms with Crippen LogP contribution in [-0.4, -0.2) is 44.5 Å². The molecular formula is C17H26N2O2. The lowest BCUT2D eigenvalue weighted by atomic mass is 9.81. The van der Waals surface area contributed by atoms with Crippen molar-refractivity contribution in [3.05, 3.63) is 29.3 Å². The van der Waals surface area contributed by atoms with E-state index in [9.17, 15) is 4.79 Å². The van der Waals surface area contributed by atoms with Crippen molar-refractivity contribution >= 4 is 6.29 Å². The Morgan fingerprint density at radius 3 is 2.95 bits per heavy atom. The molecule has 0 aliphatic carbocycles. The van der Waals surface area contributed by atoms with E-state index in [4.69, 9.17) is 4.74 Å². The predicted molar refractivity (Wildman–Crippen MR) is 84.8 cm³/mol. The van der Waals surface area contributed by atoms with Crippen LogP contribution in [0.2, 0.25) is 0 Å². The highest BCUT2D eigenvalue weighted by Gasteiger charge is 2.32. The monoisotopic (exact) mass is 290 g/mol. The van der Waals surface area contributed by atoms with E-state index >= 15 is 0 Å². The fourth-order valence-electron chi connectivity index (χ4n) is 3.05. The fraction of sp³-hybridized carbons (Fsp3) is 0.588. The maximum atomic E-state index is 10.8. The van der Waals surface area contributed by atoms with Crippen LogP contribution in [0, 0.1) is 0 Å². The SMILES string of the molecule is COc1ccc2c(c1)C(C)(NCC=O)CCN(C)C(C)C2. The van der Waals surface area contributed by atoms with E-state index in [0.717, 1.165) is 31.4 Å². The third-order valence-electron chi connectivity index (χ3n) is 4.72. The molecule has 0 saturated carbocycles. The average molecular weight is 290 g/mol. The number of rotatable bonds is 4. The van der Waals surface area contributed by atoms with E-state index in [-0.39, 0.29) is 5.54 Å². The van der Waals surface area contributed by atoms with Crippen molar-refractivity contribution in [2.75, 3.05) is 27.2 Å². The van der Waals surface area contributed by atoms with Crippen LogP contribution in [0.4, 0.5) is 0 Å². The van der Waals surface area contributed by atoms with Gasteiger partial charge in [0.05, 0.1) is 13.7 Å². The zero-order chi connectivity index (χ0) is 15.5. The largest absolute Gasteiger partial charge is 0.497 e. The summed E-state index contributed by atoms with van der Waals surface area (Å²) in [6.45, 7) is 5.81. The molecule has 0 fully saturated rings. The number of carbonyl (C=O) groups is 1. The number of nitrogens with zero attached hydrogens (tertiary/aromatic N) is 1. The number of hydrogen-bond acceptors (Lipinski definition) is 4. The molecule has 1 heterocycles. The van der Waals surface area contributed by atoms with E-state index in [2.05, 4.69) is 43.2 Å². The summed E-state index contributed by atoms with van der Waals surface area (Å²) in [5, 5.41) is 3.41. The van der Waals surface area contributed by atoms with Crippen LogP contribution in [0.25, 0.3) is 0 Å². The van der Waals surface area contributed by atoms with Gasteiger partial charge in [0.25, 0.3) is 0 Å². The highest BCUT2D eigenvalue weighted by atomic mass is 16.5. The predicted octanol–water partition coefficient (Wildman–Crippen LogP) is 1.97. The first kappa shape index (κ1) is 16.0. The van der Waals surface area contributed by atoms with Crippen LogP contribution in [0.3, 0.4) is 0 Å². The minimum absolute atomic E-state index is 0.209. The molecule has 0 amide bonds. The summed E-state index contributed by atoms with van der Waals surface area (Å²) in [7, 11) is 3.86. The third-order valence-corrected chi connectivity index (χ3v) is 4.72. The summed E-state index contributed by atoms with van der Waals surface area (Å²) < 4.78 is 5.39. The van der Waals surface area contributed by atoms with E-state index in [1.807, 2.05) is 6.07 Å². The molecule has 0 radical (unpaired) electrons. The van der Waals surface area contributed by atoms with Crippen molar-refractivity contribution < 1.29 is 9.53 Å². The number of hydrogen-bond donors (Lipinski definition) is 1. The van der Waals surface area contributed by atoms with E-state index in [0.29, 0.717) is 12.6 Å². The number of fused-ring (bicyclic) bond motifs is 1. The summed E-state index contributed by atoms with van der Waals surface area (Å²) in [6.07, 6.45) is 2.90. The van der Waals surface area contributed by atoms with Gasteiger partial charge in [0, 0.05) is 18.1 Å². The topological polar surface area (TPSA) is 41.6 Å². The highest BCUT2D eigenvalue weighted by molar-refractivity contribution is 5.52. The Hall–Kier alpha value is -1.39. The Bertz CT molecular complexity index is 504. The van der Waals surface area contributed by atoms with Gasteiger partial charge in [-0.1, -0.05) is 6.07 Å². The van der Waals surface area contributed by atoms with Crippen molar-refractivity contribution in [2.24, 2.45) is 0 Å². The Morgan fingerprint density at radius 2 is 2.29 bits per heavy atom. The Kier molecular flexibility index (Phi) is 5.01. The van der Waals surface area contributed by atoms with Crippen LogP contribution in [-0.2, 0) is 16.8 Å². The molecule has 2 atom stereocenters. The molecule has 1 aromatic carbocycles. The van der Waals surface area contributed by atoms with Crippen LogP contribution < -0.4 is 10.1 Å². The van der Waals surface area contributed by atoms with Crippen molar-refractivity contribution in [1.82, 2.24) is 10.2 Å². The number of nitrogens with one attached hydrogen (secondary N) is 1. The van der Waals surface area contributed by atoms with Gasteiger partial charge < -0.3 is 19.7 Å². The summed E-state index contributed by atoms with van der Waals surface area (Å²) in [5.41, 5.74) is 2.37. The molecule has 1 aliphatic rings.